The van der Waals surface area contributed by atoms with Crippen molar-refractivity contribution in [2.75, 3.05) is 26.2 Å². The van der Waals surface area contributed by atoms with E-state index in [1.807, 2.05) is 6.92 Å². The molecule has 0 saturated carbocycles. The summed E-state index contributed by atoms with van der Waals surface area (Å²) in [5, 5.41) is 16.0. The van der Waals surface area contributed by atoms with Crippen molar-refractivity contribution in [1.29, 1.82) is 0 Å². The summed E-state index contributed by atoms with van der Waals surface area (Å²) < 4.78 is 5.92. The van der Waals surface area contributed by atoms with Gasteiger partial charge in [-0.3, -0.25) is 10.00 Å². The van der Waals surface area contributed by atoms with Gasteiger partial charge in [-0.2, -0.15) is 5.10 Å². The maximum atomic E-state index is 11.3. The number of aromatic nitrogens is 2. The normalized spacial score (nSPS) is 14.0. The predicted molar refractivity (Wildman–Crippen MR) is 125 cm³/mol. The van der Waals surface area contributed by atoms with E-state index in [0.717, 1.165) is 42.1 Å². The number of aromatic carboxylic acids is 1. The van der Waals surface area contributed by atoms with E-state index in [0.29, 0.717) is 6.42 Å². The van der Waals surface area contributed by atoms with Crippen LogP contribution in [0.1, 0.15) is 57.7 Å². The van der Waals surface area contributed by atoms with Crippen molar-refractivity contribution in [2.24, 2.45) is 0 Å². The van der Waals surface area contributed by atoms with E-state index in [4.69, 9.17) is 4.74 Å². The third-order valence-corrected chi connectivity index (χ3v) is 6.14. The molecule has 4 rings (SSSR count). The van der Waals surface area contributed by atoms with E-state index in [9.17, 15) is 9.90 Å². The van der Waals surface area contributed by atoms with Gasteiger partial charge in [-0.1, -0.05) is 42.8 Å². The molecule has 0 unspecified atom stereocenters. The Morgan fingerprint density at radius 3 is 2.15 bits per heavy atom. The van der Waals surface area contributed by atoms with Crippen molar-refractivity contribution < 1.29 is 27.0 Å². The molecule has 2 aromatic carbocycles. The molecule has 0 bridgehead atoms. The Morgan fingerprint density at radius 2 is 1.55 bits per heavy atom. The van der Waals surface area contributed by atoms with Gasteiger partial charge in [-0.25, -0.2) is 4.79 Å². The van der Waals surface area contributed by atoms with Gasteiger partial charge in [0.1, 0.15) is 12.4 Å². The molecule has 7 heteroatoms. The largest absolute Gasteiger partial charge is 1.00 e. The molecule has 0 amide bonds. The second-order valence-electron chi connectivity index (χ2n) is 8.55. The van der Waals surface area contributed by atoms with Gasteiger partial charge in [0, 0.05) is 24.2 Å². The number of carboxylic acid groups (broad SMARTS) is 1. The standard InChI is InChI=1S/C26H31N3O3.ClH/c1-19-24(25(26(30)31)28-27-19)18-22-7-5-20(6-8-22)17-21-9-11-23(12-10-21)32-16-15-29-13-3-2-4-14-29;/h5-12H,2-4,13-18H2,1H3,(H,27,28)(H,30,31);1H/p-1. The molecule has 0 spiro atoms. The summed E-state index contributed by atoms with van der Waals surface area (Å²) in [4.78, 5) is 13.8. The van der Waals surface area contributed by atoms with Crippen LogP contribution in [0.2, 0.25) is 0 Å². The minimum Gasteiger partial charge on any atom is -1.00 e. The smallest absolute Gasteiger partial charge is 0.356 e. The maximum absolute atomic E-state index is 11.3. The number of H-pyrrole nitrogens is 1. The molecule has 1 aliphatic heterocycles. The number of halogens is 1. The van der Waals surface area contributed by atoms with Gasteiger partial charge in [0.25, 0.3) is 0 Å². The second kappa shape index (κ2) is 11.9. The summed E-state index contributed by atoms with van der Waals surface area (Å²) in [5.74, 6) is -0.0780. The summed E-state index contributed by atoms with van der Waals surface area (Å²) >= 11 is 0. The summed E-state index contributed by atoms with van der Waals surface area (Å²) in [5.41, 5.74) is 5.16. The number of ether oxygens (including phenoxy) is 1. The van der Waals surface area contributed by atoms with Crippen molar-refractivity contribution in [1.82, 2.24) is 15.1 Å². The molecule has 0 radical (unpaired) electrons. The van der Waals surface area contributed by atoms with E-state index in [2.05, 4.69) is 63.6 Å². The molecule has 2 N–H and O–H groups in total. The van der Waals surface area contributed by atoms with E-state index >= 15 is 0 Å². The van der Waals surface area contributed by atoms with Gasteiger partial charge in [-0.15, -0.1) is 0 Å². The molecule has 33 heavy (non-hydrogen) atoms. The average molecular weight is 469 g/mol. The van der Waals surface area contributed by atoms with E-state index in [1.54, 1.807) is 0 Å². The Bertz CT molecular complexity index is 1030. The van der Waals surface area contributed by atoms with E-state index in [1.165, 1.54) is 43.5 Å². The summed E-state index contributed by atoms with van der Waals surface area (Å²) in [7, 11) is 0. The number of benzene rings is 2. The fourth-order valence-corrected chi connectivity index (χ4v) is 4.24. The first kappa shape index (κ1) is 24.8. The number of aromatic amines is 1. The van der Waals surface area contributed by atoms with Gasteiger partial charge in [0.05, 0.1) is 0 Å². The number of carbonyl (C=O) groups is 1. The van der Waals surface area contributed by atoms with E-state index in [-0.39, 0.29) is 18.1 Å². The van der Waals surface area contributed by atoms with Crippen LogP contribution in [-0.4, -0.2) is 52.4 Å². The summed E-state index contributed by atoms with van der Waals surface area (Å²) in [6, 6.07) is 16.7. The molecule has 1 saturated heterocycles. The van der Waals surface area contributed by atoms with Crippen molar-refractivity contribution >= 4 is 5.97 Å². The van der Waals surface area contributed by atoms with Gasteiger partial charge < -0.3 is 22.3 Å². The third kappa shape index (κ3) is 6.83. The highest BCUT2D eigenvalue weighted by Crippen LogP contribution is 2.19. The molecule has 0 atom stereocenters. The van der Waals surface area contributed by atoms with Crippen LogP contribution in [-0.2, 0) is 12.8 Å². The van der Waals surface area contributed by atoms with Crippen LogP contribution >= 0.6 is 0 Å². The number of hydrogen-bond acceptors (Lipinski definition) is 4. The molecule has 1 aromatic heterocycles. The zero-order chi connectivity index (χ0) is 22.3. The topological polar surface area (TPSA) is 78.5 Å². The van der Waals surface area contributed by atoms with E-state index < -0.39 is 5.97 Å². The highest BCUT2D eigenvalue weighted by Gasteiger charge is 2.16. The van der Waals surface area contributed by atoms with Crippen LogP contribution in [0.25, 0.3) is 0 Å². The van der Waals surface area contributed by atoms with Crippen molar-refractivity contribution in [2.45, 2.75) is 39.0 Å². The Morgan fingerprint density at radius 1 is 0.970 bits per heavy atom. The number of nitrogens with zero attached hydrogens (tertiary/aromatic N) is 2. The number of hydrogen-bond donors (Lipinski definition) is 2. The third-order valence-electron chi connectivity index (χ3n) is 6.14. The van der Waals surface area contributed by atoms with Crippen LogP contribution in [0.4, 0.5) is 0 Å². The van der Waals surface area contributed by atoms with Crippen molar-refractivity contribution in [3.8, 4) is 5.75 Å². The van der Waals surface area contributed by atoms with Crippen LogP contribution in [0.5, 0.6) is 5.75 Å². The molecular weight excluding hydrogens is 438 g/mol. The van der Waals surface area contributed by atoms with Crippen molar-refractivity contribution in [3.63, 3.8) is 0 Å². The zero-order valence-corrected chi connectivity index (χ0v) is 19.8. The number of rotatable bonds is 9. The first-order valence-corrected chi connectivity index (χ1v) is 11.4. The lowest BCUT2D eigenvalue weighted by Gasteiger charge is -2.26. The Kier molecular flexibility index (Phi) is 8.92. The Balaban J connectivity index is 0.00000306. The lowest BCUT2D eigenvalue weighted by atomic mass is 9.99. The summed E-state index contributed by atoms with van der Waals surface area (Å²) in [6.07, 6.45) is 5.37. The monoisotopic (exact) mass is 468 g/mol. The fraction of sp³-hybridized carbons (Fsp3) is 0.385. The predicted octanol–water partition coefficient (Wildman–Crippen LogP) is 1.47. The molecule has 0 aliphatic carbocycles. The number of nitrogens with one attached hydrogen (secondary N) is 1. The molecular formula is C26H31ClN3O3-. The average Bonchev–Trinajstić information content (AvgIpc) is 3.17. The first-order valence-electron chi connectivity index (χ1n) is 11.4. The molecule has 1 aliphatic rings. The number of aryl methyl sites for hydroxylation is 1. The van der Waals surface area contributed by atoms with Gasteiger partial charge >= 0.3 is 5.97 Å². The fourth-order valence-electron chi connectivity index (χ4n) is 4.24. The highest BCUT2D eigenvalue weighted by molar-refractivity contribution is 5.87. The minimum atomic E-state index is -1.00. The first-order chi connectivity index (χ1) is 15.6. The molecule has 1 fully saturated rings. The van der Waals surface area contributed by atoms with Crippen LogP contribution < -0.4 is 17.1 Å². The van der Waals surface area contributed by atoms with Gasteiger partial charge in [0.15, 0.2) is 5.69 Å². The second-order valence-corrected chi connectivity index (χ2v) is 8.55. The summed E-state index contributed by atoms with van der Waals surface area (Å²) in [6.45, 7) is 5.98. The minimum absolute atomic E-state index is 0. The number of likely N-dealkylation sites (tertiary alicyclic amines) is 1. The Labute approximate surface area is 201 Å². The van der Waals surface area contributed by atoms with Crippen LogP contribution in [0.3, 0.4) is 0 Å². The molecule has 2 heterocycles. The van der Waals surface area contributed by atoms with Crippen molar-refractivity contribution in [3.05, 3.63) is 82.2 Å². The van der Waals surface area contributed by atoms with Crippen LogP contribution in [0.15, 0.2) is 48.5 Å². The number of carboxylic acids is 1. The highest BCUT2D eigenvalue weighted by atomic mass is 35.5. The molecule has 176 valence electrons. The zero-order valence-electron chi connectivity index (χ0n) is 19.0. The maximum Gasteiger partial charge on any atom is 0.356 e. The quantitative estimate of drug-likeness (QED) is 0.497. The lowest BCUT2D eigenvalue weighted by molar-refractivity contribution is -0.0000228. The molecule has 6 nitrogen and oxygen atoms in total. The number of piperidine rings is 1. The lowest BCUT2D eigenvalue weighted by Crippen LogP contribution is -3.00. The SMILES string of the molecule is Cc1[nH]nc(C(=O)O)c1Cc1ccc(Cc2ccc(OCCN3CCCCC3)cc2)cc1.[Cl-]. The van der Waals surface area contributed by atoms with Gasteiger partial charge in [-0.05, 0) is 68.1 Å². The van der Waals surface area contributed by atoms with Gasteiger partial charge in [0.2, 0.25) is 0 Å². The Hall–Kier alpha value is -2.83. The molecule has 3 aromatic rings. The van der Waals surface area contributed by atoms with Crippen LogP contribution in [0, 0.1) is 6.92 Å².